The third kappa shape index (κ3) is 2.82. The minimum Gasteiger partial charge on any atom is -0.386 e. The lowest BCUT2D eigenvalue weighted by Crippen LogP contribution is -2.62. The molecule has 11 nitrogen and oxygen atoms in total. The van der Waals surface area contributed by atoms with Crippen molar-refractivity contribution in [3.05, 3.63) is 33.1 Å². The highest BCUT2D eigenvalue weighted by molar-refractivity contribution is 5.72. The molecular weight excluding hydrogens is 324 g/mol. The number of hydrogen-bond donors (Lipinski definition) is 4. The Balaban J connectivity index is 1.91. The molecule has 11 heteroatoms. The van der Waals surface area contributed by atoms with Crippen molar-refractivity contribution in [2.75, 3.05) is 13.7 Å². The average molecular weight is 342 g/mol. The lowest BCUT2D eigenvalue weighted by molar-refractivity contribution is -0.145. The molecule has 132 valence electrons. The maximum absolute atomic E-state index is 11.9. The molecule has 0 radical (unpaired) electrons. The fourth-order valence-electron chi connectivity index (χ4n) is 3.09. The monoisotopic (exact) mass is 342 g/mol. The Morgan fingerprint density at radius 3 is 2.88 bits per heavy atom. The highest BCUT2D eigenvalue weighted by Gasteiger charge is 2.54. The van der Waals surface area contributed by atoms with Gasteiger partial charge in [-0.15, -0.1) is 0 Å². The molecule has 2 aliphatic rings. The fraction of sp³-hybridized carbons (Fsp3) is 0.615. The van der Waals surface area contributed by atoms with Gasteiger partial charge in [-0.3, -0.25) is 14.3 Å². The highest BCUT2D eigenvalue weighted by Crippen LogP contribution is 2.36. The van der Waals surface area contributed by atoms with E-state index in [4.69, 9.17) is 19.9 Å². The normalized spacial score (nSPS) is 35.4. The Morgan fingerprint density at radius 1 is 1.50 bits per heavy atom. The number of urea groups is 1. The Hall–Kier alpha value is -2.21. The van der Waals surface area contributed by atoms with Crippen molar-refractivity contribution in [2.24, 2.45) is 5.73 Å². The van der Waals surface area contributed by atoms with Crippen molar-refractivity contribution in [1.29, 1.82) is 0 Å². The van der Waals surface area contributed by atoms with Gasteiger partial charge in [-0.25, -0.2) is 9.59 Å². The van der Waals surface area contributed by atoms with Crippen molar-refractivity contribution in [2.45, 2.75) is 36.7 Å². The molecule has 0 aromatic carbocycles. The molecule has 1 aromatic heterocycles. The third-order valence-electron chi connectivity index (χ3n) is 4.19. The number of methoxy groups -OCH3 is 1. The molecule has 0 spiro atoms. The van der Waals surface area contributed by atoms with Crippen LogP contribution < -0.4 is 22.3 Å². The minimum absolute atomic E-state index is 0.107. The summed E-state index contributed by atoms with van der Waals surface area (Å²) in [6, 6.07) is -0.299. The number of rotatable bonds is 3. The van der Waals surface area contributed by atoms with E-state index < -0.39 is 54.0 Å². The summed E-state index contributed by atoms with van der Waals surface area (Å²) in [6.07, 6.45) is -3.16. The number of carbonyl (C=O) groups is 1. The van der Waals surface area contributed by atoms with Crippen LogP contribution in [0, 0.1) is 0 Å². The summed E-state index contributed by atoms with van der Waals surface area (Å²) in [6.45, 7) is 0.107. The van der Waals surface area contributed by atoms with Gasteiger partial charge >= 0.3 is 11.7 Å². The lowest BCUT2D eigenvalue weighted by Gasteiger charge is -2.38. The Bertz CT molecular complexity index is 732. The Morgan fingerprint density at radius 2 is 2.25 bits per heavy atom. The van der Waals surface area contributed by atoms with E-state index in [0.29, 0.717) is 0 Å². The molecule has 5 N–H and O–H groups in total. The fourth-order valence-corrected chi connectivity index (χ4v) is 3.09. The van der Waals surface area contributed by atoms with Crippen LogP contribution in [0.5, 0.6) is 0 Å². The van der Waals surface area contributed by atoms with Gasteiger partial charge in [0.1, 0.15) is 24.4 Å². The van der Waals surface area contributed by atoms with Crippen LogP contribution in [-0.4, -0.2) is 64.9 Å². The second kappa shape index (κ2) is 6.36. The number of amides is 2. The van der Waals surface area contributed by atoms with E-state index in [2.05, 4.69) is 10.3 Å². The van der Waals surface area contributed by atoms with Crippen LogP contribution in [0.25, 0.3) is 0 Å². The van der Waals surface area contributed by atoms with Crippen LogP contribution in [0.15, 0.2) is 21.9 Å². The molecule has 0 unspecified atom stereocenters. The Labute approximate surface area is 135 Å². The zero-order valence-corrected chi connectivity index (χ0v) is 12.7. The van der Waals surface area contributed by atoms with Crippen LogP contribution >= 0.6 is 0 Å². The Kier molecular flexibility index (Phi) is 4.41. The van der Waals surface area contributed by atoms with Crippen LogP contribution in [0.3, 0.4) is 0 Å². The van der Waals surface area contributed by atoms with Crippen molar-refractivity contribution in [1.82, 2.24) is 14.9 Å². The predicted octanol–water partition coefficient (Wildman–Crippen LogP) is -2.75. The van der Waals surface area contributed by atoms with Gasteiger partial charge in [0.05, 0.1) is 12.6 Å². The first kappa shape index (κ1) is 16.6. The first-order valence-electron chi connectivity index (χ1n) is 7.27. The zero-order chi connectivity index (χ0) is 17.4. The van der Waals surface area contributed by atoms with Gasteiger partial charge in [0.15, 0.2) is 6.23 Å². The number of aromatic amines is 1. The summed E-state index contributed by atoms with van der Waals surface area (Å²) in [4.78, 5) is 36.4. The minimum atomic E-state index is -1.19. The smallest absolute Gasteiger partial charge is 0.330 e. The van der Waals surface area contributed by atoms with Gasteiger partial charge in [-0.05, 0) is 0 Å². The number of ether oxygens (including phenoxy) is 3. The molecule has 1 aromatic rings. The van der Waals surface area contributed by atoms with E-state index in [1.54, 1.807) is 0 Å². The van der Waals surface area contributed by atoms with Gasteiger partial charge in [-0.1, -0.05) is 0 Å². The molecule has 2 amide bonds. The van der Waals surface area contributed by atoms with E-state index >= 15 is 0 Å². The number of nitrogens with one attached hydrogen (secondary N) is 2. The molecule has 0 bridgehead atoms. The summed E-state index contributed by atoms with van der Waals surface area (Å²) >= 11 is 0. The van der Waals surface area contributed by atoms with Crippen LogP contribution in [0.1, 0.15) is 6.23 Å². The summed E-state index contributed by atoms with van der Waals surface area (Å²) in [5, 5.41) is 13.0. The number of aromatic nitrogens is 2. The summed E-state index contributed by atoms with van der Waals surface area (Å²) < 4.78 is 17.6. The van der Waals surface area contributed by atoms with Crippen molar-refractivity contribution in [3.63, 3.8) is 0 Å². The number of primary amides is 1. The number of aliphatic hydroxyl groups excluding tert-OH is 1. The van der Waals surface area contributed by atoms with Gasteiger partial charge < -0.3 is 30.4 Å². The van der Waals surface area contributed by atoms with E-state index in [1.807, 2.05) is 0 Å². The van der Waals surface area contributed by atoms with E-state index in [0.717, 1.165) is 10.6 Å². The second-order valence-electron chi connectivity index (χ2n) is 5.61. The molecule has 3 heterocycles. The maximum atomic E-state index is 11.9. The molecule has 3 rings (SSSR count). The summed E-state index contributed by atoms with van der Waals surface area (Å²) in [5.74, 6) is 0. The third-order valence-corrected chi connectivity index (χ3v) is 4.19. The van der Waals surface area contributed by atoms with Crippen LogP contribution in [0.2, 0.25) is 0 Å². The quantitative estimate of drug-likeness (QED) is 0.463. The highest BCUT2D eigenvalue weighted by atomic mass is 16.6. The van der Waals surface area contributed by atoms with Crippen molar-refractivity contribution < 1.29 is 24.1 Å². The number of nitrogens with two attached hydrogens (primary N) is 1. The largest absolute Gasteiger partial charge is 0.386 e. The second-order valence-corrected chi connectivity index (χ2v) is 5.61. The lowest BCUT2D eigenvalue weighted by atomic mass is 9.95. The number of nitrogens with zero attached hydrogens (tertiary/aromatic N) is 1. The first-order chi connectivity index (χ1) is 11.4. The topological polar surface area (TPSA) is 158 Å². The van der Waals surface area contributed by atoms with Gasteiger partial charge in [0.2, 0.25) is 0 Å². The molecular formula is C13H18N4O7. The number of fused-ring (bicyclic) bond motifs is 1. The molecule has 6 atom stereocenters. The first-order valence-corrected chi connectivity index (χ1v) is 7.27. The number of H-pyrrole nitrogens is 1. The SMILES string of the molecule is CO[C@H]1CO[C@H]2[C@@H](O)[C@H](n3ccc(=O)[nH]c3=O)O[C@@H]2[C@@H]1NC(N)=O. The van der Waals surface area contributed by atoms with Crippen molar-refractivity contribution >= 4 is 6.03 Å². The van der Waals surface area contributed by atoms with Gasteiger partial charge in [0, 0.05) is 19.4 Å². The molecule has 0 saturated carbocycles. The molecule has 2 fully saturated rings. The van der Waals surface area contributed by atoms with E-state index in [9.17, 15) is 19.5 Å². The van der Waals surface area contributed by atoms with E-state index in [-0.39, 0.29) is 6.61 Å². The van der Waals surface area contributed by atoms with Crippen LogP contribution in [-0.2, 0) is 14.2 Å². The number of hydrogen-bond acceptors (Lipinski definition) is 7. The average Bonchev–Trinajstić information content (AvgIpc) is 2.85. The summed E-state index contributed by atoms with van der Waals surface area (Å²) in [5.41, 5.74) is 3.89. The zero-order valence-electron chi connectivity index (χ0n) is 12.7. The standard InChI is InChI=1S/C13H18N4O7/c1-22-5-4-23-10-8(19)11(17-3-2-6(18)15-13(17)21)24-9(10)7(5)16-12(14)20/h2-3,5,7-11,19H,4H2,1H3,(H3,14,16,20)(H,15,18,21)/t5-,7+,8+,9+,10-,11+/m0/s1. The van der Waals surface area contributed by atoms with E-state index in [1.165, 1.54) is 13.3 Å². The van der Waals surface area contributed by atoms with Crippen molar-refractivity contribution in [3.8, 4) is 0 Å². The molecule has 0 aliphatic carbocycles. The molecule has 24 heavy (non-hydrogen) atoms. The number of carbonyl (C=O) groups excluding carboxylic acids is 1. The summed E-state index contributed by atoms with van der Waals surface area (Å²) in [7, 11) is 1.44. The predicted molar refractivity (Wildman–Crippen MR) is 78.3 cm³/mol. The maximum Gasteiger partial charge on any atom is 0.330 e. The van der Waals surface area contributed by atoms with Gasteiger partial charge in [0.25, 0.3) is 5.56 Å². The van der Waals surface area contributed by atoms with Crippen LogP contribution in [0.4, 0.5) is 4.79 Å². The molecule has 2 saturated heterocycles. The molecule has 2 aliphatic heterocycles. The van der Waals surface area contributed by atoms with Gasteiger partial charge in [-0.2, -0.15) is 0 Å². The number of aliphatic hydroxyl groups is 1.